The van der Waals surface area contributed by atoms with Crippen molar-refractivity contribution in [3.63, 3.8) is 0 Å². The van der Waals surface area contributed by atoms with Gasteiger partial charge in [0.25, 0.3) is 5.95 Å². The second-order valence-corrected chi connectivity index (χ2v) is 5.72. The zero-order valence-electron chi connectivity index (χ0n) is 12.4. The molecule has 7 heteroatoms. The van der Waals surface area contributed by atoms with E-state index in [0.29, 0.717) is 22.1 Å². The van der Waals surface area contributed by atoms with Gasteiger partial charge < -0.3 is 0 Å². The van der Waals surface area contributed by atoms with E-state index in [1.807, 2.05) is 27.8 Å². The van der Waals surface area contributed by atoms with Crippen LogP contribution in [-0.4, -0.2) is 24.8 Å². The lowest BCUT2D eigenvalue weighted by Gasteiger charge is -2.03. The second-order valence-electron chi connectivity index (χ2n) is 5.37. The van der Waals surface area contributed by atoms with Gasteiger partial charge in [0.15, 0.2) is 18.4 Å². The number of nitrogens with one attached hydrogen (secondary N) is 1. The summed E-state index contributed by atoms with van der Waals surface area (Å²) in [5, 5.41) is 7.88. The summed E-state index contributed by atoms with van der Waals surface area (Å²) < 4.78 is 3.89. The smallest absolute Gasteiger partial charge is 0.261 e. The van der Waals surface area contributed by atoms with Crippen molar-refractivity contribution in [3.05, 3.63) is 65.2 Å². The van der Waals surface area contributed by atoms with Gasteiger partial charge in [-0.05, 0) is 6.92 Å². The lowest BCUT2D eigenvalue weighted by Crippen LogP contribution is -2.42. The third kappa shape index (κ3) is 2.57. The highest BCUT2D eigenvalue weighted by Gasteiger charge is 2.16. The molecule has 114 valence electrons. The number of hydrogen-bond donors (Lipinski definition) is 1. The van der Waals surface area contributed by atoms with Crippen molar-refractivity contribution in [2.75, 3.05) is 0 Å². The minimum Gasteiger partial charge on any atom is -0.261 e. The molecule has 6 nitrogen and oxygen atoms in total. The lowest BCUT2D eigenvalue weighted by atomic mass is 10.1. The molecule has 0 aliphatic heterocycles. The first-order valence-electron chi connectivity index (χ1n) is 7.20. The minimum atomic E-state index is 0.384. The van der Waals surface area contributed by atoms with Crippen LogP contribution in [0.2, 0.25) is 5.15 Å². The van der Waals surface area contributed by atoms with E-state index in [1.165, 1.54) is 11.1 Å². The average molecular weight is 326 g/mol. The molecule has 0 fully saturated rings. The second kappa shape index (κ2) is 5.48. The molecule has 0 saturated heterocycles. The zero-order chi connectivity index (χ0) is 15.8. The summed E-state index contributed by atoms with van der Waals surface area (Å²) in [6.45, 7) is 2.80. The number of aromatic nitrogens is 6. The molecule has 3 heterocycles. The molecule has 0 bridgehead atoms. The Hall–Kier alpha value is -2.73. The molecule has 1 N–H and O–H groups in total. The van der Waals surface area contributed by atoms with Gasteiger partial charge in [-0.15, -0.1) is 4.68 Å². The van der Waals surface area contributed by atoms with E-state index in [2.05, 4.69) is 51.4 Å². The Morgan fingerprint density at radius 1 is 1.22 bits per heavy atom. The molecule has 0 atom stereocenters. The van der Waals surface area contributed by atoms with Gasteiger partial charge in [0.05, 0.1) is 17.8 Å². The van der Waals surface area contributed by atoms with Gasteiger partial charge in [0.2, 0.25) is 0 Å². The summed E-state index contributed by atoms with van der Waals surface area (Å²) in [5.74, 6) is 0.504. The maximum Gasteiger partial charge on any atom is 0.291 e. The maximum atomic E-state index is 6.22. The van der Waals surface area contributed by atoms with Crippen LogP contribution < -0.4 is 4.68 Å². The van der Waals surface area contributed by atoms with E-state index < -0.39 is 0 Å². The van der Waals surface area contributed by atoms with E-state index in [4.69, 9.17) is 11.6 Å². The third-order valence-electron chi connectivity index (χ3n) is 3.68. The SMILES string of the molecule is Cc1ccc(C[n+]2cccn2-c2nc(Cl)c3cn[nH]c3n2)cc1. The summed E-state index contributed by atoms with van der Waals surface area (Å²) in [6, 6.07) is 10.4. The van der Waals surface area contributed by atoms with Crippen molar-refractivity contribution in [2.45, 2.75) is 13.5 Å². The first-order valence-corrected chi connectivity index (χ1v) is 7.58. The number of hydrogen-bond acceptors (Lipinski definition) is 3. The number of halogens is 1. The van der Waals surface area contributed by atoms with Crippen LogP contribution >= 0.6 is 11.6 Å². The van der Waals surface area contributed by atoms with Crippen molar-refractivity contribution in [2.24, 2.45) is 0 Å². The van der Waals surface area contributed by atoms with Crippen LogP contribution in [-0.2, 0) is 6.54 Å². The van der Waals surface area contributed by atoms with E-state index in [1.54, 1.807) is 6.20 Å². The predicted molar refractivity (Wildman–Crippen MR) is 86.5 cm³/mol. The van der Waals surface area contributed by atoms with Crippen molar-refractivity contribution < 1.29 is 4.68 Å². The molecule has 23 heavy (non-hydrogen) atoms. The molecular formula is C16H14ClN6+. The number of aryl methyl sites for hydroxylation is 1. The molecule has 0 amide bonds. The van der Waals surface area contributed by atoms with Crippen LogP contribution in [0.3, 0.4) is 0 Å². The Morgan fingerprint density at radius 3 is 2.87 bits per heavy atom. The van der Waals surface area contributed by atoms with Crippen LogP contribution in [0.25, 0.3) is 17.0 Å². The Kier molecular flexibility index (Phi) is 3.31. The fourth-order valence-corrected chi connectivity index (χ4v) is 2.67. The molecule has 0 aliphatic rings. The van der Waals surface area contributed by atoms with Crippen LogP contribution in [0.5, 0.6) is 0 Å². The highest BCUT2D eigenvalue weighted by Crippen LogP contribution is 2.18. The zero-order valence-corrected chi connectivity index (χ0v) is 13.2. The number of fused-ring (bicyclic) bond motifs is 1. The molecule has 3 aromatic heterocycles. The van der Waals surface area contributed by atoms with Gasteiger partial charge in [-0.2, -0.15) is 15.1 Å². The number of rotatable bonds is 3. The van der Waals surface area contributed by atoms with Gasteiger partial charge in [0, 0.05) is 11.6 Å². The molecular weight excluding hydrogens is 312 g/mol. The van der Waals surface area contributed by atoms with Crippen molar-refractivity contribution in [1.29, 1.82) is 0 Å². The molecule has 0 spiro atoms. The average Bonchev–Trinajstić information content (AvgIpc) is 3.18. The number of benzene rings is 1. The van der Waals surface area contributed by atoms with E-state index in [-0.39, 0.29) is 0 Å². The van der Waals surface area contributed by atoms with Crippen LogP contribution in [0, 0.1) is 6.92 Å². The molecule has 1 aromatic carbocycles. The molecule has 0 saturated carbocycles. The van der Waals surface area contributed by atoms with Gasteiger partial charge in [-0.1, -0.05) is 46.1 Å². The van der Waals surface area contributed by atoms with Gasteiger partial charge in [-0.3, -0.25) is 5.10 Å². The summed E-state index contributed by atoms with van der Waals surface area (Å²) in [4.78, 5) is 8.85. The Bertz CT molecular complexity index is 970. The van der Waals surface area contributed by atoms with Crippen LogP contribution in [0.1, 0.15) is 11.1 Å². The Balaban J connectivity index is 1.74. The quantitative estimate of drug-likeness (QED) is 0.465. The van der Waals surface area contributed by atoms with Crippen LogP contribution in [0.15, 0.2) is 48.9 Å². The molecule has 4 rings (SSSR count). The normalized spacial score (nSPS) is 11.2. The summed E-state index contributed by atoms with van der Waals surface area (Å²) in [6.07, 6.45) is 5.51. The van der Waals surface area contributed by atoms with Gasteiger partial charge in [-0.25, -0.2) is 0 Å². The fourth-order valence-electron chi connectivity index (χ4n) is 2.46. The molecule has 0 aliphatic carbocycles. The van der Waals surface area contributed by atoms with E-state index in [0.717, 1.165) is 6.54 Å². The Labute approximate surface area is 137 Å². The van der Waals surface area contributed by atoms with Gasteiger partial charge >= 0.3 is 0 Å². The summed E-state index contributed by atoms with van der Waals surface area (Å²) in [5.41, 5.74) is 3.07. The topological polar surface area (TPSA) is 63.3 Å². The largest absolute Gasteiger partial charge is 0.291 e. The fraction of sp³-hybridized carbons (Fsp3) is 0.125. The summed E-state index contributed by atoms with van der Waals surface area (Å²) >= 11 is 6.22. The predicted octanol–water partition coefficient (Wildman–Crippen LogP) is 2.44. The highest BCUT2D eigenvalue weighted by molar-refractivity contribution is 6.33. The third-order valence-corrected chi connectivity index (χ3v) is 3.97. The number of H-pyrrole nitrogens is 1. The lowest BCUT2D eigenvalue weighted by molar-refractivity contribution is -0.759. The number of nitrogens with zero attached hydrogens (tertiary/aromatic N) is 5. The standard InChI is InChI=1S/C16H14ClN6/c1-11-3-5-12(6-4-11)10-22-7-2-8-23(22)16-19-14(17)13-9-18-21-15(13)20-16/h2-9H,10H2,1H3,(H,18,19,20,21)/q+1. The monoisotopic (exact) mass is 325 g/mol. The Morgan fingerprint density at radius 2 is 2.04 bits per heavy atom. The molecule has 4 aromatic rings. The first kappa shape index (κ1) is 13.9. The first-order chi connectivity index (χ1) is 11.2. The van der Waals surface area contributed by atoms with Crippen molar-refractivity contribution in [1.82, 2.24) is 24.8 Å². The minimum absolute atomic E-state index is 0.384. The molecule has 0 unspecified atom stereocenters. The highest BCUT2D eigenvalue weighted by atomic mass is 35.5. The van der Waals surface area contributed by atoms with Crippen LogP contribution in [0.4, 0.5) is 0 Å². The number of aromatic amines is 1. The van der Waals surface area contributed by atoms with Crippen molar-refractivity contribution in [3.8, 4) is 5.95 Å². The van der Waals surface area contributed by atoms with Gasteiger partial charge in [0.1, 0.15) is 5.15 Å². The van der Waals surface area contributed by atoms with E-state index in [9.17, 15) is 0 Å². The summed E-state index contributed by atoms with van der Waals surface area (Å²) in [7, 11) is 0. The molecule has 0 radical (unpaired) electrons. The van der Waals surface area contributed by atoms with Crippen molar-refractivity contribution >= 4 is 22.6 Å². The maximum absolute atomic E-state index is 6.22. The van der Waals surface area contributed by atoms with E-state index >= 15 is 0 Å².